The van der Waals surface area contributed by atoms with Crippen LogP contribution in [0.3, 0.4) is 0 Å². The van der Waals surface area contributed by atoms with Gasteiger partial charge in [-0.3, -0.25) is 4.79 Å². The van der Waals surface area contributed by atoms with Gasteiger partial charge in [-0.25, -0.2) is 13.2 Å². The molecule has 1 amide bonds. The molecule has 2 rings (SSSR count). The van der Waals surface area contributed by atoms with E-state index in [1.807, 2.05) is 0 Å². The van der Waals surface area contributed by atoms with Crippen LogP contribution in [0.25, 0.3) is 0 Å². The number of nitrogens with zero attached hydrogens (tertiary/aromatic N) is 1. The molecule has 0 spiro atoms. The van der Waals surface area contributed by atoms with E-state index in [0.29, 0.717) is 5.02 Å². The van der Waals surface area contributed by atoms with Crippen molar-refractivity contribution in [1.82, 2.24) is 4.90 Å². The molecule has 2 atom stereocenters. The number of rotatable bonds is 5. The van der Waals surface area contributed by atoms with Crippen LogP contribution in [-0.2, 0) is 24.2 Å². The minimum absolute atomic E-state index is 0.0374. The third-order valence-electron chi connectivity index (χ3n) is 3.69. The summed E-state index contributed by atoms with van der Waals surface area (Å²) < 4.78 is 29.6. The van der Waals surface area contributed by atoms with Crippen LogP contribution < -0.4 is 0 Å². The van der Waals surface area contributed by atoms with Crippen LogP contribution in [0, 0.1) is 0 Å². The molecule has 1 saturated heterocycles. The van der Waals surface area contributed by atoms with E-state index >= 15 is 0 Å². The van der Waals surface area contributed by atoms with Crippen molar-refractivity contribution in [3.8, 4) is 0 Å². The standard InChI is InChI=1S/C14H16ClNO6S/c1-22-10-6-12(14(18)19)16(7-10)13(17)8-23(20,21)11-4-2-9(15)3-5-11/h2-5,10,12H,6-8H2,1H3,(H,18,19). The topological polar surface area (TPSA) is 101 Å². The maximum Gasteiger partial charge on any atom is 0.326 e. The number of amides is 1. The molecule has 1 aliphatic heterocycles. The van der Waals surface area contributed by atoms with Crippen molar-refractivity contribution in [2.24, 2.45) is 0 Å². The van der Waals surface area contributed by atoms with Gasteiger partial charge in [-0.15, -0.1) is 0 Å². The highest BCUT2D eigenvalue weighted by atomic mass is 35.5. The summed E-state index contributed by atoms with van der Waals surface area (Å²) in [5.74, 6) is -2.73. The van der Waals surface area contributed by atoms with Crippen LogP contribution in [0.4, 0.5) is 0 Å². The molecule has 1 fully saturated rings. The number of carbonyl (C=O) groups is 2. The number of hydrogen-bond acceptors (Lipinski definition) is 5. The van der Waals surface area contributed by atoms with Gasteiger partial charge in [0.25, 0.3) is 0 Å². The van der Waals surface area contributed by atoms with Crippen molar-refractivity contribution in [3.05, 3.63) is 29.3 Å². The highest BCUT2D eigenvalue weighted by Crippen LogP contribution is 2.22. The average molecular weight is 362 g/mol. The Morgan fingerprint density at radius 1 is 1.35 bits per heavy atom. The van der Waals surface area contributed by atoms with Gasteiger partial charge in [0.15, 0.2) is 9.84 Å². The Bertz CT molecular complexity index is 702. The third kappa shape index (κ3) is 4.01. The lowest BCUT2D eigenvalue weighted by molar-refractivity contribution is -0.147. The van der Waals surface area contributed by atoms with Gasteiger partial charge < -0.3 is 14.7 Å². The molecule has 0 aliphatic carbocycles. The maximum atomic E-state index is 12.3. The lowest BCUT2D eigenvalue weighted by Gasteiger charge is -2.21. The number of likely N-dealkylation sites (tertiary alicyclic amines) is 1. The van der Waals surface area contributed by atoms with Gasteiger partial charge in [-0.1, -0.05) is 11.6 Å². The first-order chi connectivity index (χ1) is 10.7. The summed E-state index contributed by atoms with van der Waals surface area (Å²) in [6.07, 6.45) is -0.281. The predicted octanol–water partition coefficient (Wildman–Crippen LogP) is 0.814. The summed E-state index contributed by atoms with van der Waals surface area (Å²) in [6.45, 7) is 0.0580. The number of carboxylic acids is 1. The average Bonchev–Trinajstić information content (AvgIpc) is 2.92. The quantitative estimate of drug-likeness (QED) is 0.833. The van der Waals surface area contributed by atoms with Gasteiger partial charge in [-0.05, 0) is 24.3 Å². The predicted molar refractivity (Wildman–Crippen MR) is 82.1 cm³/mol. The van der Waals surface area contributed by atoms with E-state index < -0.39 is 39.6 Å². The third-order valence-corrected chi connectivity index (χ3v) is 5.56. The Morgan fingerprint density at radius 3 is 2.48 bits per heavy atom. The van der Waals surface area contributed by atoms with Gasteiger partial charge >= 0.3 is 5.97 Å². The molecular formula is C14H16ClNO6S. The first-order valence-corrected chi connectivity index (χ1v) is 8.81. The molecule has 1 aromatic carbocycles. The Morgan fingerprint density at radius 2 is 1.96 bits per heavy atom. The lowest BCUT2D eigenvalue weighted by Crippen LogP contribution is -2.43. The van der Waals surface area contributed by atoms with Crippen molar-refractivity contribution in [2.45, 2.75) is 23.5 Å². The molecule has 0 saturated carbocycles. The molecule has 1 N–H and O–H groups in total. The second-order valence-corrected chi connectivity index (χ2v) is 7.63. The fourth-order valence-electron chi connectivity index (χ4n) is 2.45. The SMILES string of the molecule is COC1CC(C(=O)O)N(C(=O)CS(=O)(=O)c2ccc(Cl)cc2)C1. The minimum atomic E-state index is -3.87. The molecule has 1 heterocycles. The van der Waals surface area contributed by atoms with E-state index in [4.69, 9.17) is 16.3 Å². The zero-order valence-electron chi connectivity index (χ0n) is 12.3. The van der Waals surface area contributed by atoms with Crippen LogP contribution in [0.5, 0.6) is 0 Å². The van der Waals surface area contributed by atoms with Gasteiger partial charge in [0.1, 0.15) is 11.8 Å². The van der Waals surface area contributed by atoms with Crippen LogP contribution in [0.2, 0.25) is 5.02 Å². The summed E-state index contributed by atoms with van der Waals surface area (Å²) in [6, 6.07) is 4.36. The number of hydrogen-bond donors (Lipinski definition) is 1. The summed E-state index contributed by atoms with van der Waals surface area (Å²) in [5.41, 5.74) is 0. The van der Waals surface area contributed by atoms with Crippen molar-refractivity contribution < 1.29 is 27.9 Å². The Labute approximate surface area is 138 Å². The van der Waals surface area contributed by atoms with Crippen molar-refractivity contribution in [1.29, 1.82) is 0 Å². The number of benzene rings is 1. The summed E-state index contributed by atoms with van der Waals surface area (Å²) in [7, 11) is -2.45. The highest BCUT2D eigenvalue weighted by Gasteiger charge is 2.40. The molecule has 9 heteroatoms. The number of carboxylic acid groups (broad SMARTS) is 1. The second kappa shape index (κ2) is 6.86. The highest BCUT2D eigenvalue weighted by molar-refractivity contribution is 7.92. The molecular weight excluding hydrogens is 346 g/mol. The largest absolute Gasteiger partial charge is 0.480 e. The number of aliphatic carboxylic acids is 1. The normalized spacial score (nSPS) is 21.4. The first kappa shape index (κ1) is 17.7. The zero-order chi connectivity index (χ0) is 17.2. The molecule has 2 unspecified atom stereocenters. The fourth-order valence-corrected chi connectivity index (χ4v) is 3.78. The Hall–Kier alpha value is -1.64. The van der Waals surface area contributed by atoms with Crippen LogP contribution in [-0.4, -0.2) is 61.9 Å². The Kier molecular flexibility index (Phi) is 5.28. The van der Waals surface area contributed by atoms with Gasteiger partial charge in [0.2, 0.25) is 5.91 Å². The molecule has 1 aromatic rings. The maximum absolute atomic E-state index is 12.3. The van der Waals surface area contributed by atoms with Gasteiger partial charge in [0.05, 0.1) is 11.0 Å². The monoisotopic (exact) mass is 361 g/mol. The van der Waals surface area contributed by atoms with Crippen LogP contribution in [0.15, 0.2) is 29.2 Å². The van der Waals surface area contributed by atoms with E-state index in [1.54, 1.807) is 0 Å². The minimum Gasteiger partial charge on any atom is -0.480 e. The fraction of sp³-hybridized carbons (Fsp3) is 0.429. The molecule has 0 radical (unpaired) electrons. The Balaban J connectivity index is 2.17. The first-order valence-electron chi connectivity index (χ1n) is 6.78. The van der Waals surface area contributed by atoms with Crippen molar-refractivity contribution in [3.63, 3.8) is 0 Å². The van der Waals surface area contributed by atoms with Crippen molar-refractivity contribution in [2.75, 3.05) is 19.4 Å². The van der Waals surface area contributed by atoms with Crippen LogP contribution >= 0.6 is 11.6 Å². The molecule has 1 aliphatic rings. The van der Waals surface area contributed by atoms with E-state index in [-0.39, 0.29) is 17.9 Å². The van der Waals surface area contributed by atoms with Gasteiger partial charge in [-0.2, -0.15) is 0 Å². The lowest BCUT2D eigenvalue weighted by atomic mass is 10.2. The van der Waals surface area contributed by atoms with Crippen molar-refractivity contribution >= 4 is 33.3 Å². The number of sulfone groups is 1. The molecule has 0 bridgehead atoms. The van der Waals surface area contributed by atoms with Gasteiger partial charge in [0, 0.05) is 25.1 Å². The molecule has 7 nitrogen and oxygen atoms in total. The zero-order valence-corrected chi connectivity index (χ0v) is 13.9. The number of methoxy groups -OCH3 is 1. The summed E-state index contributed by atoms with van der Waals surface area (Å²) in [4.78, 5) is 24.5. The summed E-state index contributed by atoms with van der Waals surface area (Å²) in [5, 5.41) is 9.56. The molecule has 0 aromatic heterocycles. The van der Waals surface area contributed by atoms with Crippen LogP contribution in [0.1, 0.15) is 6.42 Å². The smallest absolute Gasteiger partial charge is 0.326 e. The van der Waals surface area contributed by atoms with E-state index in [1.165, 1.54) is 31.4 Å². The molecule has 126 valence electrons. The van der Waals surface area contributed by atoms with E-state index in [0.717, 1.165) is 4.90 Å². The number of halogens is 1. The second-order valence-electron chi connectivity index (χ2n) is 5.21. The summed E-state index contributed by atoms with van der Waals surface area (Å²) >= 11 is 5.71. The number of carbonyl (C=O) groups excluding carboxylic acids is 1. The molecule has 23 heavy (non-hydrogen) atoms. The van der Waals surface area contributed by atoms with E-state index in [9.17, 15) is 23.1 Å². The number of ether oxygens (including phenoxy) is 1. The van der Waals surface area contributed by atoms with E-state index in [2.05, 4.69) is 0 Å².